The molecule has 8 heteroatoms. The SMILES string of the molecule is C=CCCc1ccc(COc2ccc3c(c2F)C(F)(F)C(F)(F)c2c-3ccc(CCC)c2F)c(F)c1. The topological polar surface area (TPSA) is 9.23 Å². The third-order valence-corrected chi connectivity index (χ3v) is 6.30. The Hall–Kier alpha value is -3.29. The van der Waals surface area contributed by atoms with Crippen LogP contribution in [0.15, 0.2) is 55.1 Å². The fourth-order valence-corrected chi connectivity index (χ4v) is 4.41. The van der Waals surface area contributed by atoms with Crippen molar-refractivity contribution in [2.45, 2.75) is 51.1 Å². The molecule has 190 valence electrons. The Bertz CT molecular complexity index is 1310. The molecule has 0 saturated carbocycles. The molecule has 0 amide bonds. The minimum absolute atomic E-state index is 0.0300. The van der Waals surface area contributed by atoms with Crippen molar-refractivity contribution in [1.82, 2.24) is 0 Å². The number of hydrogen-bond donors (Lipinski definition) is 0. The van der Waals surface area contributed by atoms with Crippen LogP contribution in [0.25, 0.3) is 11.1 Å². The van der Waals surface area contributed by atoms with E-state index < -0.39 is 63.9 Å². The standard InChI is InChI=1S/C28H23F7O/c1-3-5-7-16-8-9-18(21(29)14-16)15-36-22-13-12-20-19-11-10-17(6-4-2)25(30)23(19)27(32,33)28(34,35)24(20)26(22)31/h3,8-14H,1,4-7,15H2,2H3. The predicted molar refractivity (Wildman–Crippen MR) is 123 cm³/mol. The highest BCUT2D eigenvalue weighted by Crippen LogP contribution is 2.60. The molecule has 0 fully saturated rings. The maximum atomic E-state index is 15.3. The van der Waals surface area contributed by atoms with Crippen molar-refractivity contribution in [3.8, 4) is 16.9 Å². The molecule has 36 heavy (non-hydrogen) atoms. The fraction of sp³-hybridized carbons (Fsp3) is 0.286. The first-order chi connectivity index (χ1) is 17.0. The molecule has 1 aliphatic carbocycles. The van der Waals surface area contributed by atoms with Gasteiger partial charge in [-0.2, -0.15) is 17.6 Å². The summed E-state index contributed by atoms with van der Waals surface area (Å²) < 4.78 is 110. The Kier molecular flexibility index (Phi) is 6.90. The monoisotopic (exact) mass is 508 g/mol. The molecule has 0 saturated heterocycles. The van der Waals surface area contributed by atoms with Gasteiger partial charge in [-0.15, -0.1) is 6.58 Å². The zero-order valence-electron chi connectivity index (χ0n) is 19.4. The molecule has 0 radical (unpaired) electrons. The van der Waals surface area contributed by atoms with E-state index in [9.17, 15) is 8.78 Å². The van der Waals surface area contributed by atoms with Gasteiger partial charge in [0.25, 0.3) is 0 Å². The van der Waals surface area contributed by atoms with Gasteiger partial charge in [-0.25, -0.2) is 13.2 Å². The quantitative estimate of drug-likeness (QED) is 0.219. The third-order valence-electron chi connectivity index (χ3n) is 6.30. The van der Waals surface area contributed by atoms with Crippen molar-refractivity contribution in [2.75, 3.05) is 0 Å². The lowest BCUT2D eigenvalue weighted by atomic mass is 9.79. The van der Waals surface area contributed by atoms with Crippen molar-refractivity contribution in [3.05, 3.63) is 100 Å². The van der Waals surface area contributed by atoms with E-state index in [2.05, 4.69) is 6.58 Å². The Labute approximate surface area is 204 Å². The van der Waals surface area contributed by atoms with Crippen molar-refractivity contribution in [1.29, 1.82) is 0 Å². The van der Waals surface area contributed by atoms with Crippen LogP contribution >= 0.6 is 0 Å². The normalized spacial score (nSPS) is 15.2. The largest absolute Gasteiger partial charge is 0.486 e. The lowest BCUT2D eigenvalue weighted by molar-refractivity contribution is -0.228. The van der Waals surface area contributed by atoms with Gasteiger partial charge in [0.2, 0.25) is 0 Å². The number of fused-ring (bicyclic) bond motifs is 3. The summed E-state index contributed by atoms with van der Waals surface area (Å²) in [5.74, 6) is -14.6. The molecule has 0 atom stereocenters. The maximum Gasteiger partial charge on any atom is 0.343 e. The molecule has 0 spiro atoms. The smallest absolute Gasteiger partial charge is 0.343 e. The zero-order valence-corrected chi connectivity index (χ0v) is 19.4. The maximum absolute atomic E-state index is 15.3. The van der Waals surface area contributed by atoms with Crippen LogP contribution in [0.1, 0.15) is 47.6 Å². The molecule has 0 unspecified atom stereocenters. The van der Waals surface area contributed by atoms with Crippen LogP contribution in [0.5, 0.6) is 5.75 Å². The number of hydrogen-bond acceptors (Lipinski definition) is 1. The Morgan fingerprint density at radius 2 is 1.42 bits per heavy atom. The van der Waals surface area contributed by atoms with Crippen LogP contribution in [0.3, 0.4) is 0 Å². The molecule has 0 bridgehead atoms. The van der Waals surface area contributed by atoms with E-state index in [1.54, 1.807) is 19.1 Å². The minimum atomic E-state index is -5.05. The third kappa shape index (κ3) is 4.16. The van der Waals surface area contributed by atoms with Gasteiger partial charge in [0.1, 0.15) is 18.2 Å². The first-order valence-electron chi connectivity index (χ1n) is 11.5. The average Bonchev–Trinajstić information content (AvgIpc) is 2.82. The van der Waals surface area contributed by atoms with E-state index in [0.29, 0.717) is 24.8 Å². The second-order valence-corrected chi connectivity index (χ2v) is 8.70. The molecule has 3 aromatic rings. The van der Waals surface area contributed by atoms with E-state index in [0.717, 1.165) is 18.2 Å². The molecule has 3 aromatic carbocycles. The minimum Gasteiger partial charge on any atom is -0.486 e. The van der Waals surface area contributed by atoms with Crippen molar-refractivity contribution >= 4 is 0 Å². The van der Waals surface area contributed by atoms with Crippen LogP contribution in [0, 0.1) is 17.5 Å². The summed E-state index contributed by atoms with van der Waals surface area (Å²) >= 11 is 0. The molecular formula is C28H23F7O. The number of ether oxygens (including phenoxy) is 1. The number of aryl methyl sites for hydroxylation is 2. The van der Waals surface area contributed by atoms with Crippen LogP contribution in [-0.2, 0) is 31.3 Å². The molecule has 1 aliphatic rings. The van der Waals surface area contributed by atoms with E-state index in [1.165, 1.54) is 18.2 Å². The average molecular weight is 508 g/mol. The summed E-state index contributed by atoms with van der Waals surface area (Å²) in [6.45, 7) is 4.77. The van der Waals surface area contributed by atoms with E-state index in [1.807, 2.05) is 0 Å². The van der Waals surface area contributed by atoms with Crippen molar-refractivity contribution in [3.63, 3.8) is 0 Å². The van der Waals surface area contributed by atoms with E-state index >= 15 is 22.0 Å². The molecule has 1 nitrogen and oxygen atoms in total. The second-order valence-electron chi connectivity index (χ2n) is 8.70. The highest BCUT2D eigenvalue weighted by molar-refractivity contribution is 5.77. The van der Waals surface area contributed by atoms with Crippen LogP contribution < -0.4 is 4.74 Å². The molecule has 0 aliphatic heterocycles. The van der Waals surface area contributed by atoms with Gasteiger partial charge in [-0.05, 0) is 59.7 Å². The summed E-state index contributed by atoms with van der Waals surface area (Å²) in [4.78, 5) is 0. The fourth-order valence-electron chi connectivity index (χ4n) is 4.41. The molecular weight excluding hydrogens is 485 g/mol. The number of benzene rings is 3. The number of rotatable bonds is 8. The van der Waals surface area contributed by atoms with Gasteiger partial charge < -0.3 is 4.74 Å². The number of halogens is 7. The first kappa shape index (κ1) is 25.8. The predicted octanol–water partition coefficient (Wildman–Crippen LogP) is 8.62. The highest BCUT2D eigenvalue weighted by Gasteiger charge is 2.65. The first-order valence-corrected chi connectivity index (χ1v) is 11.5. The van der Waals surface area contributed by atoms with Gasteiger partial charge in [0.05, 0.1) is 11.1 Å². The molecule has 0 N–H and O–H groups in total. The van der Waals surface area contributed by atoms with Gasteiger partial charge >= 0.3 is 11.8 Å². The van der Waals surface area contributed by atoms with Gasteiger partial charge in [-0.3, -0.25) is 0 Å². The van der Waals surface area contributed by atoms with Crippen molar-refractivity contribution < 1.29 is 35.5 Å². The summed E-state index contributed by atoms with van der Waals surface area (Å²) in [5.41, 5.74) is -3.48. The van der Waals surface area contributed by atoms with Crippen LogP contribution in [0.2, 0.25) is 0 Å². The van der Waals surface area contributed by atoms with E-state index in [-0.39, 0.29) is 17.5 Å². The van der Waals surface area contributed by atoms with Gasteiger partial charge in [0.15, 0.2) is 11.6 Å². The summed E-state index contributed by atoms with van der Waals surface area (Å²) in [6.07, 6.45) is 3.39. The molecule has 4 rings (SSSR count). The number of alkyl halides is 4. The highest BCUT2D eigenvalue weighted by atomic mass is 19.3. The molecule has 0 aromatic heterocycles. The van der Waals surface area contributed by atoms with Crippen molar-refractivity contribution in [2.24, 2.45) is 0 Å². The summed E-state index contributed by atoms with van der Waals surface area (Å²) in [6, 6.07) is 8.66. The zero-order chi connectivity index (χ0) is 26.3. The Morgan fingerprint density at radius 1 is 0.806 bits per heavy atom. The Morgan fingerprint density at radius 3 is 2.03 bits per heavy atom. The summed E-state index contributed by atoms with van der Waals surface area (Å²) in [7, 11) is 0. The molecule has 0 heterocycles. The summed E-state index contributed by atoms with van der Waals surface area (Å²) in [5, 5.41) is 0. The lowest BCUT2D eigenvalue weighted by Crippen LogP contribution is -2.41. The van der Waals surface area contributed by atoms with Crippen LogP contribution in [0.4, 0.5) is 30.7 Å². The van der Waals surface area contributed by atoms with Crippen LogP contribution in [-0.4, -0.2) is 0 Å². The second kappa shape index (κ2) is 9.64. The van der Waals surface area contributed by atoms with Gasteiger partial charge in [-0.1, -0.05) is 43.7 Å². The Balaban J connectivity index is 1.73. The van der Waals surface area contributed by atoms with Gasteiger partial charge in [0, 0.05) is 5.56 Å². The van der Waals surface area contributed by atoms with E-state index in [4.69, 9.17) is 4.74 Å². The lowest BCUT2D eigenvalue weighted by Gasteiger charge is -2.35. The number of allylic oxidation sites excluding steroid dienone is 1.